The SMILES string of the molecule is CCN1CCN(c2nc(C)nc3c2nc(-c2ccccc2Cl)n3CC(=O)NC)CC1.Cl. The number of carbonyl (C=O) groups is 1. The number of amides is 1. The summed E-state index contributed by atoms with van der Waals surface area (Å²) in [5, 5.41) is 3.26. The van der Waals surface area contributed by atoms with E-state index in [9.17, 15) is 4.79 Å². The minimum Gasteiger partial charge on any atom is -0.358 e. The molecule has 0 atom stereocenters. The first-order chi connectivity index (χ1) is 14.5. The highest BCUT2D eigenvalue weighted by atomic mass is 35.5. The molecule has 3 heterocycles. The second kappa shape index (κ2) is 9.80. The van der Waals surface area contributed by atoms with E-state index in [1.165, 1.54) is 0 Å². The quantitative estimate of drug-likeness (QED) is 0.626. The summed E-state index contributed by atoms with van der Waals surface area (Å²) >= 11 is 6.47. The fraction of sp³-hybridized carbons (Fsp3) is 0.429. The van der Waals surface area contributed by atoms with Gasteiger partial charge in [0.05, 0.1) is 5.02 Å². The number of hydrogen-bond donors (Lipinski definition) is 1. The summed E-state index contributed by atoms with van der Waals surface area (Å²) in [5.74, 6) is 1.96. The molecule has 0 aliphatic carbocycles. The van der Waals surface area contributed by atoms with Gasteiger partial charge in [0.15, 0.2) is 17.0 Å². The number of imidazole rings is 1. The van der Waals surface area contributed by atoms with E-state index in [1.807, 2.05) is 35.8 Å². The van der Waals surface area contributed by atoms with Gasteiger partial charge < -0.3 is 15.1 Å². The molecule has 4 rings (SSSR count). The third kappa shape index (κ3) is 4.61. The van der Waals surface area contributed by atoms with Gasteiger partial charge in [0.1, 0.15) is 18.2 Å². The molecule has 1 aliphatic heterocycles. The predicted molar refractivity (Wildman–Crippen MR) is 126 cm³/mol. The Morgan fingerprint density at radius 3 is 2.48 bits per heavy atom. The number of piperazine rings is 1. The van der Waals surface area contributed by atoms with E-state index in [0.29, 0.717) is 27.8 Å². The van der Waals surface area contributed by atoms with Gasteiger partial charge in [-0.25, -0.2) is 15.0 Å². The molecular weight excluding hydrogens is 437 g/mol. The molecule has 2 aromatic heterocycles. The van der Waals surface area contributed by atoms with Gasteiger partial charge in [0.25, 0.3) is 0 Å². The van der Waals surface area contributed by atoms with Gasteiger partial charge in [-0.15, -0.1) is 12.4 Å². The molecule has 0 bridgehead atoms. The first-order valence-electron chi connectivity index (χ1n) is 10.2. The lowest BCUT2D eigenvalue weighted by Crippen LogP contribution is -2.46. The Morgan fingerprint density at radius 1 is 1.13 bits per heavy atom. The molecule has 1 aliphatic rings. The topological polar surface area (TPSA) is 79.2 Å². The van der Waals surface area contributed by atoms with Crippen molar-refractivity contribution in [2.75, 3.05) is 44.7 Å². The van der Waals surface area contributed by atoms with E-state index >= 15 is 0 Å². The third-order valence-corrected chi connectivity index (χ3v) is 5.83. The fourth-order valence-corrected chi connectivity index (χ4v) is 4.03. The fourth-order valence-electron chi connectivity index (χ4n) is 3.81. The van der Waals surface area contributed by atoms with Crippen molar-refractivity contribution in [1.82, 2.24) is 29.7 Å². The van der Waals surface area contributed by atoms with Crippen LogP contribution in [-0.4, -0.2) is 70.1 Å². The van der Waals surface area contributed by atoms with Crippen LogP contribution >= 0.6 is 24.0 Å². The summed E-state index contributed by atoms with van der Waals surface area (Å²) in [6, 6.07) is 7.51. The maximum Gasteiger partial charge on any atom is 0.239 e. The number of halogens is 2. The van der Waals surface area contributed by atoms with Gasteiger partial charge >= 0.3 is 0 Å². The van der Waals surface area contributed by atoms with Crippen molar-refractivity contribution in [3.8, 4) is 11.4 Å². The Kier molecular flexibility index (Phi) is 7.35. The first kappa shape index (κ1) is 23.2. The molecule has 1 aromatic carbocycles. The van der Waals surface area contributed by atoms with Crippen molar-refractivity contribution in [3.05, 3.63) is 35.1 Å². The van der Waals surface area contributed by atoms with Crippen LogP contribution in [0.5, 0.6) is 0 Å². The van der Waals surface area contributed by atoms with E-state index in [2.05, 4.69) is 27.0 Å². The molecule has 0 unspecified atom stereocenters. The van der Waals surface area contributed by atoms with Crippen LogP contribution < -0.4 is 10.2 Å². The van der Waals surface area contributed by atoms with Crippen molar-refractivity contribution in [2.24, 2.45) is 0 Å². The third-order valence-electron chi connectivity index (χ3n) is 5.50. The van der Waals surface area contributed by atoms with Gasteiger partial charge in [0, 0.05) is 38.8 Å². The molecule has 10 heteroatoms. The van der Waals surface area contributed by atoms with E-state index in [4.69, 9.17) is 21.6 Å². The first-order valence-corrected chi connectivity index (χ1v) is 10.6. The van der Waals surface area contributed by atoms with Crippen molar-refractivity contribution in [2.45, 2.75) is 20.4 Å². The number of anilines is 1. The highest BCUT2D eigenvalue weighted by Crippen LogP contribution is 2.33. The van der Waals surface area contributed by atoms with Crippen LogP contribution in [0.4, 0.5) is 5.82 Å². The van der Waals surface area contributed by atoms with E-state index in [-0.39, 0.29) is 24.9 Å². The number of hydrogen-bond acceptors (Lipinski definition) is 6. The summed E-state index contributed by atoms with van der Waals surface area (Å²) in [6.45, 7) is 8.92. The molecule has 3 aromatic rings. The standard InChI is InChI=1S/C21H26ClN7O.ClH/c1-4-27-9-11-28(12-10-27)20-18-21(25-14(2)24-20)29(13-17(30)23-3)19(26-18)15-7-5-6-8-16(15)22;/h5-8H,4,9-13H2,1-3H3,(H,23,30);1H. The van der Waals surface area contributed by atoms with Crippen molar-refractivity contribution in [1.29, 1.82) is 0 Å². The monoisotopic (exact) mass is 463 g/mol. The molecule has 1 fully saturated rings. The largest absolute Gasteiger partial charge is 0.358 e. The van der Waals surface area contributed by atoms with Gasteiger partial charge in [-0.05, 0) is 25.6 Å². The van der Waals surface area contributed by atoms with Gasteiger partial charge in [0.2, 0.25) is 5.91 Å². The average molecular weight is 464 g/mol. The van der Waals surface area contributed by atoms with E-state index in [1.54, 1.807) is 7.05 Å². The number of carbonyl (C=O) groups excluding carboxylic acids is 1. The van der Waals surface area contributed by atoms with Crippen molar-refractivity contribution >= 4 is 46.9 Å². The van der Waals surface area contributed by atoms with Gasteiger partial charge in [-0.3, -0.25) is 9.36 Å². The molecule has 8 nitrogen and oxygen atoms in total. The Morgan fingerprint density at radius 2 is 1.84 bits per heavy atom. The number of aromatic nitrogens is 4. The summed E-state index contributed by atoms with van der Waals surface area (Å²) in [5.41, 5.74) is 2.11. The van der Waals surface area contributed by atoms with Crippen LogP contribution in [0.2, 0.25) is 5.02 Å². The number of rotatable bonds is 5. The number of aryl methyl sites for hydroxylation is 1. The summed E-state index contributed by atoms with van der Waals surface area (Å²) in [6.07, 6.45) is 0. The second-order valence-corrected chi connectivity index (χ2v) is 7.77. The van der Waals surface area contributed by atoms with Crippen LogP contribution in [0.15, 0.2) is 24.3 Å². The molecule has 1 N–H and O–H groups in total. The number of nitrogens with one attached hydrogen (secondary N) is 1. The Hall–Kier alpha value is -2.42. The lowest BCUT2D eigenvalue weighted by atomic mass is 10.2. The number of likely N-dealkylation sites (N-methyl/N-ethyl adjacent to an activating group) is 2. The molecular formula is C21H27Cl2N7O. The predicted octanol–water partition coefficient (Wildman–Crippen LogP) is 2.76. The number of fused-ring (bicyclic) bond motifs is 1. The highest BCUT2D eigenvalue weighted by molar-refractivity contribution is 6.33. The smallest absolute Gasteiger partial charge is 0.239 e. The maximum absolute atomic E-state index is 12.3. The molecule has 166 valence electrons. The second-order valence-electron chi connectivity index (χ2n) is 7.36. The van der Waals surface area contributed by atoms with Gasteiger partial charge in [-0.1, -0.05) is 30.7 Å². The zero-order valence-electron chi connectivity index (χ0n) is 17.9. The van der Waals surface area contributed by atoms with Gasteiger partial charge in [-0.2, -0.15) is 0 Å². The minimum atomic E-state index is -0.128. The molecule has 1 amide bonds. The summed E-state index contributed by atoms with van der Waals surface area (Å²) in [7, 11) is 1.62. The summed E-state index contributed by atoms with van der Waals surface area (Å²) in [4.78, 5) is 31.3. The molecule has 1 saturated heterocycles. The number of benzene rings is 1. The van der Waals surface area contributed by atoms with Crippen LogP contribution in [0.25, 0.3) is 22.6 Å². The summed E-state index contributed by atoms with van der Waals surface area (Å²) < 4.78 is 1.83. The molecule has 0 saturated carbocycles. The van der Waals surface area contributed by atoms with E-state index in [0.717, 1.165) is 44.1 Å². The Labute approximate surface area is 193 Å². The van der Waals surface area contributed by atoms with Crippen molar-refractivity contribution in [3.63, 3.8) is 0 Å². The molecule has 0 spiro atoms. The average Bonchev–Trinajstić information content (AvgIpc) is 3.11. The number of nitrogens with zero attached hydrogens (tertiary/aromatic N) is 6. The zero-order valence-corrected chi connectivity index (χ0v) is 19.5. The zero-order chi connectivity index (χ0) is 21.3. The van der Waals surface area contributed by atoms with Crippen LogP contribution in [0.3, 0.4) is 0 Å². The molecule has 0 radical (unpaired) electrons. The highest BCUT2D eigenvalue weighted by Gasteiger charge is 2.25. The van der Waals surface area contributed by atoms with Crippen LogP contribution in [0, 0.1) is 6.92 Å². The van der Waals surface area contributed by atoms with E-state index < -0.39 is 0 Å². The lowest BCUT2D eigenvalue weighted by Gasteiger charge is -2.34. The normalized spacial score (nSPS) is 14.5. The minimum absolute atomic E-state index is 0. The molecule has 31 heavy (non-hydrogen) atoms. The van der Waals surface area contributed by atoms with Crippen LogP contribution in [-0.2, 0) is 11.3 Å². The van der Waals surface area contributed by atoms with Crippen molar-refractivity contribution < 1.29 is 4.79 Å². The Balaban J connectivity index is 0.00000272. The van der Waals surface area contributed by atoms with Crippen LogP contribution in [0.1, 0.15) is 12.7 Å². The lowest BCUT2D eigenvalue weighted by molar-refractivity contribution is -0.121. The maximum atomic E-state index is 12.3. The Bertz CT molecular complexity index is 1080.